The maximum Gasteiger partial charge on any atom is 0.317 e. The summed E-state index contributed by atoms with van der Waals surface area (Å²) in [7, 11) is 1.49. The predicted molar refractivity (Wildman–Crippen MR) is 82.6 cm³/mol. The van der Waals surface area contributed by atoms with Crippen molar-refractivity contribution < 1.29 is 18.0 Å². The molecule has 0 aliphatic carbocycles. The minimum absolute atomic E-state index is 0.0342. The van der Waals surface area contributed by atoms with Gasteiger partial charge in [0, 0.05) is 39.1 Å². The molecule has 1 heterocycles. The van der Waals surface area contributed by atoms with Gasteiger partial charge in [-0.3, -0.25) is 4.68 Å². The summed E-state index contributed by atoms with van der Waals surface area (Å²) in [6.45, 7) is 3.01. The Morgan fingerprint density at radius 2 is 2.00 bits per heavy atom. The number of nitrogens with one attached hydrogen (secondary N) is 1. The van der Waals surface area contributed by atoms with Gasteiger partial charge in [-0.2, -0.15) is 5.10 Å². The fourth-order valence-corrected chi connectivity index (χ4v) is 2.23. The number of amides is 2. The van der Waals surface area contributed by atoms with Gasteiger partial charge in [0.2, 0.25) is 0 Å². The molecule has 2 amide bonds. The quantitative estimate of drug-likeness (QED) is 0.822. The standard InChI is InChI=1S/C16H19F3N4O/c1-11(9-23-5-3-4-21-23)8-20-16(24)22(2)10-12-6-13(17)15(19)14(18)7-12/h3-7,11H,8-10H2,1-2H3,(H,20,24)/t11-/m0/s1. The van der Waals surface area contributed by atoms with Crippen LogP contribution in [0.25, 0.3) is 0 Å². The van der Waals surface area contributed by atoms with E-state index in [-0.39, 0.29) is 24.1 Å². The lowest BCUT2D eigenvalue weighted by molar-refractivity contribution is 0.204. The second kappa shape index (κ2) is 7.85. The number of urea groups is 1. The zero-order chi connectivity index (χ0) is 17.7. The Labute approximate surface area is 138 Å². The lowest BCUT2D eigenvalue weighted by atomic mass is 10.2. The van der Waals surface area contributed by atoms with Crippen LogP contribution in [0.5, 0.6) is 0 Å². The zero-order valence-electron chi connectivity index (χ0n) is 13.5. The van der Waals surface area contributed by atoms with Crippen molar-refractivity contribution in [2.45, 2.75) is 20.0 Å². The highest BCUT2D eigenvalue weighted by molar-refractivity contribution is 5.73. The Morgan fingerprint density at radius 1 is 1.33 bits per heavy atom. The van der Waals surface area contributed by atoms with Gasteiger partial charge in [-0.25, -0.2) is 18.0 Å². The summed E-state index contributed by atoms with van der Waals surface area (Å²) in [5.74, 6) is -3.90. The number of rotatable bonds is 6. The second-order valence-electron chi connectivity index (χ2n) is 5.75. The molecule has 130 valence electrons. The van der Waals surface area contributed by atoms with Crippen LogP contribution < -0.4 is 5.32 Å². The molecule has 24 heavy (non-hydrogen) atoms. The molecule has 1 atom stereocenters. The van der Waals surface area contributed by atoms with E-state index in [4.69, 9.17) is 0 Å². The summed E-state index contributed by atoms with van der Waals surface area (Å²) in [4.78, 5) is 13.3. The van der Waals surface area contributed by atoms with Crippen molar-refractivity contribution in [1.82, 2.24) is 20.0 Å². The van der Waals surface area contributed by atoms with Crippen molar-refractivity contribution in [3.05, 3.63) is 53.6 Å². The third kappa shape index (κ3) is 4.74. The number of benzene rings is 1. The molecular weight excluding hydrogens is 321 g/mol. The summed E-state index contributed by atoms with van der Waals surface area (Å²) in [6, 6.07) is 3.19. The SMILES string of the molecule is C[C@@H](CNC(=O)N(C)Cc1cc(F)c(F)c(F)c1)Cn1cccn1. The van der Waals surface area contributed by atoms with Crippen LogP contribution in [0.4, 0.5) is 18.0 Å². The Kier molecular flexibility index (Phi) is 5.83. The third-order valence-electron chi connectivity index (χ3n) is 3.47. The summed E-state index contributed by atoms with van der Waals surface area (Å²) < 4.78 is 41.1. The monoisotopic (exact) mass is 340 g/mol. The van der Waals surface area contributed by atoms with E-state index in [1.54, 1.807) is 10.9 Å². The van der Waals surface area contributed by atoms with Crippen LogP contribution in [-0.2, 0) is 13.1 Å². The number of hydrogen-bond acceptors (Lipinski definition) is 2. The van der Waals surface area contributed by atoms with Crippen molar-refractivity contribution in [3.8, 4) is 0 Å². The molecule has 0 saturated heterocycles. The van der Waals surface area contributed by atoms with E-state index < -0.39 is 17.5 Å². The highest BCUT2D eigenvalue weighted by Gasteiger charge is 2.15. The minimum atomic E-state index is -1.52. The van der Waals surface area contributed by atoms with Crippen LogP contribution in [0.2, 0.25) is 0 Å². The van der Waals surface area contributed by atoms with E-state index in [9.17, 15) is 18.0 Å². The topological polar surface area (TPSA) is 50.2 Å². The lowest BCUT2D eigenvalue weighted by Crippen LogP contribution is -2.39. The molecular formula is C16H19F3N4O. The number of carbonyl (C=O) groups excluding carboxylic acids is 1. The average molecular weight is 340 g/mol. The summed E-state index contributed by atoms with van der Waals surface area (Å²) in [5.41, 5.74) is 0.175. The highest BCUT2D eigenvalue weighted by Crippen LogP contribution is 2.14. The van der Waals surface area contributed by atoms with Crippen LogP contribution in [0.1, 0.15) is 12.5 Å². The molecule has 0 spiro atoms. The normalized spacial score (nSPS) is 12.0. The van der Waals surface area contributed by atoms with Gasteiger partial charge in [0.25, 0.3) is 0 Å². The van der Waals surface area contributed by atoms with E-state index in [0.29, 0.717) is 13.1 Å². The van der Waals surface area contributed by atoms with E-state index in [0.717, 1.165) is 12.1 Å². The molecule has 1 aromatic heterocycles. The summed E-state index contributed by atoms with van der Waals surface area (Å²) in [5, 5.41) is 6.83. The predicted octanol–water partition coefficient (Wildman–Crippen LogP) is 2.78. The van der Waals surface area contributed by atoms with Gasteiger partial charge in [0.1, 0.15) is 0 Å². The van der Waals surface area contributed by atoms with Crippen LogP contribution >= 0.6 is 0 Å². The molecule has 0 saturated carbocycles. The van der Waals surface area contributed by atoms with Crippen molar-refractivity contribution in [2.24, 2.45) is 5.92 Å². The first kappa shape index (κ1) is 17.8. The zero-order valence-corrected chi connectivity index (χ0v) is 13.5. The maximum atomic E-state index is 13.2. The van der Waals surface area contributed by atoms with Gasteiger partial charge < -0.3 is 10.2 Å². The van der Waals surface area contributed by atoms with Crippen LogP contribution in [-0.4, -0.2) is 34.3 Å². The number of aromatic nitrogens is 2. The first-order valence-electron chi connectivity index (χ1n) is 7.46. The maximum absolute atomic E-state index is 13.2. The molecule has 1 N–H and O–H groups in total. The molecule has 5 nitrogen and oxygen atoms in total. The van der Waals surface area contributed by atoms with Crippen LogP contribution in [0, 0.1) is 23.4 Å². The lowest BCUT2D eigenvalue weighted by Gasteiger charge is -2.20. The van der Waals surface area contributed by atoms with Gasteiger partial charge in [-0.05, 0) is 29.7 Å². The van der Waals surface area contributed by atoms with E-state index in [2.05, 4.69) is 10.4 Å². The van der Waals surface area contributed by atoms with Crippen molar-refractivity contribution in [2.75, 3.05) is 13.6 Å². The molecule has 2 aromatic rings. The van der Waals surface area contributed by atoms with Crippen LogP contribution in [0.3, 0.4) is 0 Å². The number of hydrogen-bond donors (Lipinski definition) is 1. The highest BCUT2D eigenvalue weighted by atomic mass is 19.2. The van der Waals surface area contributed by atoms with Crippen molar-refractivity contribution in [3.63, 3.8) is 0 Å². The largest absolute Gasteiger partial charge is 0.338 e. The Morgan fingerprint density at radius 3 is 2.58 bits per heavy atom. The smallest absolute Gasteiger partial charge is 0.317 e. The fraction of sp³-hybridized carbons (Fsp3) is 0.375. The number of carbonyl (C=O) groups is 1. The van der Waals surface area contributed by atoms with E-state index >= 15 is 0 Å². The first-order chi connectivity index (χ1) is 11.4. The summed E-state index contributed by atoms with van der Waals surface area (Å²) >= 11 is 0. The Hall–Kier alpha value is -2.51. The van der Waals surface area contributed by atoms with E-state index in [1.165, 1.54) is 11.9 Å². The van der Waals surface area contributed by atoms with Gasteiger partial charge >= 0.3 is 6.03 Å². The van der Waals surface area contributed by atoms with Crippen LogP contribution in [0.15, 0.2) is 30.6 Å². The fourth-order valence-electron chi connectivity index (χ4n) is 2.23. The van der Waals surface area contributed by atoms with Crippen molar-refractivity contribution >= 4 is 6.03 Å². The second-order valence-corrected chi connectivity index (χ2v) is 5.75. The molecule has 0 aliphatic rings. The molecule has 8 heteroatoms. The molecule has 1 aromatic carbocycles. The average Bonchev–Trinajstić information content (AvgIpc) is 3.03. The van der Waals surface area contributed by atoms with Gasteiger partial charge in [-0.1, -0.05) is 6.92 Å². The first-order valence-corrected chi connectivity index (χ1v) is 7.46. The Bertz CT molecular complexity index is 668. The van der Waals surface area contributed by atoms with E-state index in [1.807, 2.05) is 19.2 Å². The number of nitrogens with zero attached hydrogens (tertiary/aromatic N) is 3. The third-order valence-corrected chi connectivity index (χ3v) is 3.47. The molecule has 0 bridgehead atoms. The molecule has 0 unspecified atom stereocenters. The number of halogens is 3. The van der Waals surface area contributed by atoms with Crippen molar-refractivity contribution in [1.29, 1.82) is 0 Å². The Balaban J connectivity index is 1.83. The summed E-state index contributed by atoms with van der Waals surface area (Å²) in [6.07, 6.45) is 3.52. The molecule has 0 aliphatic heterocycles. The van der Waals surface area contributed by atoms with Gasteiger partial charge in [0.05, 0.1) is 0 Å². The van der Waals surface area contributed by atoms with Gasteiger partial charge in [0.15, 0.2) is 17.5 Å². The van der Waals surface area contributed by atoms with Gasteiger partial charge in [-0.15, -0.1) is 0 Å². The molecule has 0 fully saturated rings. The molecule has 0 radical (unpaired) electrons. The minimum Gasteiger partial charge on any atom is -0.338 e. The molecule has 2 rings (SSSR count).